The molecule has 2 N–H and O–H groups in total. The number of benzene rings is 2. The summed E-state index contributed by atoms with van der Waals surface area (Å²) in [6.45, 7) is 2.59. The van der Waals surface area contributed by atoms with Gasteiger partial charge >= 0.3 is 12.1 Å². The van der Waals surface area contributed by atoms with Crippen molar-refractivity contribution in [3.05, 3.63) is 59.1 Å². The quantitative estimate of drug-likeness (QED) is 0.872. The summed E-state index contributed by atoms with van der Waals surface area (Å²) in [5.41, 5.74) is 2.49. The Bertz CT molecular complexity index is 779. The van der Waals surface area contributed by atoms with Crippen LogP contribution in [0.1, 0.15) is 5.56 Å². The zero-order valence-corrected chi connectivity index (χ0v) is 14.4. The molecule has 1 fully saturated rings. The third kappa shape index (κ3) is 4.42. The predicted octanol–water partition coefficient (Wildman–Crippen LogP) is 3.80. The van der Waals surface area contributed by atoms with Gasteiger partial charge in [0.1, 0.15) is 6.10 Å². The van der Waals surface area contributed by atoms with Gasteiger partial charge in [0.15, 0.2) is 0 Å². The molecule has 1 unspecified atom stereocenters. The number of hydrogen-bond donors (Lipinski definition) is 2. The molecule has 0 bridgehead atoms. The number of ether oxygens (including phenoxy) is 1. The smallest absolute Gasteiger partial charge is 0.414 e. The minimum Gasteiger partial charge on any atom is -0.442 e. The summed E-state index contributed by atoms with van der Waals surface area (Å²) in [6, 6.07) is 14.1. The molecule has 6 nitrogen and oxygen atoms in total. The number of aryl methyl sites for hydroxylation is 1. The van der Waals surface area contributed by atoms with Gasteiger partial charge in [0.25, 0.3) is 0 Å². The highest BCUT2D eigenvalue weighted by Crippen LogP contribution is 2.22. The van der Waals surface area contributed by atoms with Crippen LogP contribution in [0.25, 0.3) is 0 Å². The van der Waals surface area contributed by atoms with Gasteiger partial charge in [-0.25, -0.2) is 9.59 Å². The Morgan fingerprint density at radius 3 is 2.76 bits per heavy atom. The molecule has 0 aliphatic carbocycles. The molecule has 1 aliphatic heterocycles. The Labute approximate surface area is 150 Å². The fraction of sp³-hybridized carbons (Fsp3) is 0.222. The number of cyclic esters (lactones) is 1. The molecule has 0 radical (unpaired) electrons. The Morgan fingerprint density at radius 1 is 1.28 bits per heavy atom. The molecule has 130 valence electrons. The summed E-state index contributed by atoms with van der Waals surface area (Å²) >= 11 is 5.80. The second-order valence-corrected chi connectivity index (χ2v) is 6.23. The molecule has 1 heterocycles. The van der Waals surface area contributed by atoms with Crippen LogP contribution in [0.15, 0.2) is 48.5 Å². The first kappa shape index (κ1) is 17.1. The average Bonchev–Trinajstić information content (AvgIpc) is 2.96. The monoisotopic (exact) mass is 359 g/mol. The van der Waals surface area contributed by atoms with Crippen molar-refractivity contribution < 1.29 is 14.3 Å². The third-order valence-corrected chi connectivity index (χ3v) is 4.03. The number of urea groups is 1. The molecule has 7 heteroatoms. The predicted molar refractivity (Wildman–Crippen MR) is 97.3 cm³/mol. The van der Waals surface area contributed by atoms with E-state index in [1.54, 1.807) is 29.2 Å². The van der Waals surface area contributed by atoms with Crippen LogP contribution in [0.3, 0.4) is 0 Å². The van der Waals surface area contributed by atoms with Crippen molar-refractivity contribution in [2.75, 3.05) is 23.3 Å². The maximum Gasteiger partial charge on any atom is 0.414 e. The van der Waals surface area contributed by atoms with Crippen LogP contribution >= 0.6 is 11.6 Å². The van der Waals surface area contributed by atoms with Crippen LogP contribution in [0.4, 0.5) is 21.0 Å². The van der Waals surface area contributed by atoms with Crippen LogP contribution in [0.2, 0.25) is 5.02 Å². The van der Waals surface area contributed by atoms with E-state index in [1.807, 2.05) is 31.2 Å². The first-order valence-corrected chi connectivity index (χ1v) is 8.24. The number of carbonyl (C=O) groups excluding carboxylic acids is 2. The lowest BCUT2D eigenvalue weighted by atomic mass is 10.2. The Morgan fingerprint density at radius 2 is 2.04 bits per heavy atom. The fourth-order valence-corrected chi connectivity index (χ4v) is 2.68. The van der Waals surface area contributed by atoms with Gasteiger partial charge in [-0.15, -0.1) is 0 Å². The standard InChI is InChI=1S/C18H18ClN3O3/c1-12-3-2-4-15(9-12)22-11-16(25-18(22)24)10-20-17(23)21-14-7-5-13(19)6-8-14/h2-9,16H,10-11H2,1H3,(H2,20,21,23). The molecular formula is C18H18ClN3O3. The highest BCUT2D eigenvalue weighted by Gasteiger charge is 2.32. The summed E-state index contributed by atoms with van der Waals surface area (Å²) in [4.78, 5) is 25.5. The number of anilines is 2. The molecule has 25 heavy (non-hydrogen) atoms. The third-order valence-electron chi connectivity index (χ3n) is 3.78. The van der Waals surface area contributed by atoms with Crippen molar-refractivity contribution in [1.82, 2.24) is 5.32 Å². The highest BCUT2D eigenvalue weighted by molar-refractivity contribution is 6.30. The normalized spacial score (nSPS) is 16.5. The van der Waals surface area contributed by atoms with Crippen molar-refractivity contribution in [2.24, 2.45) is 0 Å². The van der Waals surface area contributed by atoms with Crippen LogP contribution in [0, 0.1) is 6.92 Å². The van der Waals surface area contributed by atoms with Gasteiger partial charge in [-0.05, 0) is 48.9 Å². The van der Waals surface area contributed by atoms with Gasteiger partial charge in [0, 0.05) is 16.4 Å². The maximum absolute atomic E-state index is 12.0. The molecule has 3 rings (SSSR count). The molecule has 0 spiro atoms. The van der Waals surface area contributed by atoms with Crippen molar-refractivity contribution in [3.63, 3.8) is 0 Å². The van der Waals surface area contributed by atoms with E-state index in [-0.39, 0.29) is 12.6 Å². The summed E-state index contributed by atoms with van der Waals surface area (Å²) < 4.78 is 5.31. The van der Waals surface area contributed by atoms with Crippen LogP contribution in [0.5, 0.6) is 0 Å². The summed E-state index contributed by atoms with van der Waals surface area (Å²) in [5.74, 6) is 0. The topological polar surface area (TPSA) is 70.7 Å². The number of nitrogens with one attached hydrogen (secondary N) is 2. The van der Waals surface area contributed by atoms with Gasteiger partial charge in [0.05, 0.1) is 13.1 Å². The number of rotatable bonds is 4. The fourth-order valence-electron chi connectivity index (χ4n) is 2.55. The van der Waals surface area contributed by atoms with Gasteiger partial charge in [0.2, 0.25) is 0 Å². The van der Waals surface area contributed by atoms with E-state index in [9.17, 15) is 9.59 Å². The average molecular weight is 360 g/mol. The molecule has 1 saturated heterocycles. The molecule has 3 amide bonds. The lowest BCUT2D eigenvalue weighted by molar-refractivity contribution is 0.141. The van der Waals surface area contributed by atoms with Crippen molar-refractivity contribution in [1.29, 1.82) is 0 Å². The number of halogens is 1. The second-order valence-electron chi connectivity index (χ2n) is 5.80. The van der Waals surface area contributed by atoms with Gasteiger partial charge < -0.3 is 15.4 Å². The number of amides is 3. The summed E-state index contributed by atoms with van der Waals surface area (Å²) in [7, 11) is 0. The molecule has 0 aromatic heterocycles. The van der Waals surface area contributed by atoms with E-state index in [1.165, 1.54) is 0 Å². The zero-order valence-electron chi connectivity index (χ0n) is 13.7. The largest absolute Gasteiger partial charge is 0.442 e. The Kier molecular flexibility index (Phi) is 5.09. The van der Waals surface area contributed by atoms with Crippen molar-refractivity contribution >= 4 is 35.1 Å². The van der Waals surface area contributed by atoms with Gasteiger partial charge in [-0.2, -0.15) is 0 Å². The minimum absolute atomic E-state index is 0.230. The lowest BCUT2D eigenvalue weighted by Gasteiger charge is -2.13. The van der Waals surface area contributed by atoms with E-state index < -0.39 is 12.2 Å². The van der Waals surface area contributed by atoms with Gasteiger partial charge in [-0.1, -0.05) is 23.7 Å². The van der Waals surface area contributed by atoms with Gasteiger partial charge in [-0.3, -0.25) is 4.90 Å². The molecule has 2 aromatic rings. The number of nitrogens with zero attached hydrogens (tertiary/aromatic N) is 1. The summed E-state index contributed by atoms with van der Waals surface area (Å²) in [6.07, 6.45) is -0.806. The van der Waals surface area contributed by atoms with Crippen LogP contribution in [-0.4, -0.2) is 31.3 Å². The highest BCUT2D eigenvalue weighted by atomic mass is 35.5. The van der Waals surface area contributed by atoms with Crippen LogP contribution in [-0.2, 0) is 4.74 Å². The van der Waals surface area contributed by atoms with E-state index in [0.29, 0.717) is 17.3 Å². The molecule has 2 aromatic carbocycles. The lowest BCUT2D eigenvalue weighted by Crippen LogP contribution is -2.37. The summed E-state index contributed by atoms with van der Waals surface area (Å²) in [5, 5.41) is 5.99. The van der Waals surface area contributed by atoms with Crippen molar-refractivity contribution in [3.8, 4) is 0 Å². The minimum atomic E-state index is -0.407. The maximum atomic E-state index is 12.0. The molecule has 1 atom stereocenters. The number of carbonyl (C=O) groups is 2. The molecular weight excluding hydrogens is 342 g/mol. The molecule has 1 aliphatic rings. The Balaban J connectivity index is 1.51. The van der Waals surface area contributed by atoms with Crippen molar-refractivity contribution in [2.45, 2.75) is 13.0 Å². The second kappa shape index (κ2) is 7.44. The first-order valence-electron chi connectivity index (χ1n) is 7.86. The SMILES string of the molecule is Cc1cccc(N2CC(CNC(=O)Nc3ccc(Cl)cc3)OC2=O)c1. The van der Waals surface area contributed by atoms with E-state index >= 15 is 0 Å². The zero-order chi connectivity index (χ0) is 17.8. The van der Waals surface area contributed by atoms with E-state index in [2.05, 4.69) is 10.6 Å². The van der Waals surface area contributed by atoms with E-state index in [4.69, 9.17) is 16.3 Å². The number of hydrogen-bond acceptors (Lipinski definition) is 3. The molecule has 0 saturated carbocycles. The Hall–Kier alpha value is -2.73. The van der Waals surface area contributed by atoms with E-state index in [0.717, 1.165) is 11.3 Å². The first-order chi connectivity index (χ1) is 12.0. The van der Waals surface area contributed by atoms with Crippen LogP contribution < -0.4 is 15.5 Å².